The monoisotopic (exact) mass is 272 g/mol. The second kappa shape index (κ2) is 5.40. The SMILES string of the molecule is Cc1cccc(C(=O)O)c1NC(=O)c1cccc(=O)[nH]1. The number of H-pyrrole nitrogens is 1. The third-order valence-corrected chi connectivity index (χ3v) is 2.75. The number of carboxylic acid groups (broad SMARTS) is 1. The summed E-state index contributed by atoms with van der Waals surface area (Å²) in [5, 5.41) is 11.6. The van der Waals surface area contributed by atoms with Crippen molar-refractivity contribution in [3.8, 4) is 0 Å². The number of aromatic nitrogens is 1. The highest BCUT2D eigenvalue weighted by Gasteiger charge is 2.15. The second-order valence-electron chi connectivity index (χ2n) is 4.19. The van der Waals surface area contributed by atoms with E-state index in [1.165, 1.54) is 24.3 Å². The van der Waals surface area contributed by atoms with Crippen LogP contribution < -0.4 is 10.9 Å². The average molecular weight is 272 g/mol. The largest absolute Gasteiger partial charge is 0.478 e. The molecule has 1 aromatic heterocycles. The Morgan fingerprint density at radius 1 is 1.15 bits per heavy atom. The minimum atomic E-state index is -1.13. The van der Waals surface area contributed by atoms with Gasteiger partial charge in [-0.3, -0.25) is 9.59 Å². The summed E-state index contributed by atoms with van der Waals surface area (Å²) in [6.45, 7) is 1.69. The van der Waals surface area contributed by atoms with Crippen molar-refractivity contribution >= 4 is 17.6 Å². The number of carbonyl (C=O) groups is 2. The summed E-state index contributed by atoms with van der Waals surface area (Å²) >= 11 is 0. The predicted octanol–water partition coefficient (Wildman–Crippen LogP) is 1.63. The smallest absolute Gasteiger partial charge is 0.337 e. The van der Waals surface area contributed by atoms with Crippen LogP contribution in [-0.4, -0.2) is 22.0 Å². The van der Waals surface area contributed by atoms with Gasteiger partial charge >= 0.3 is 5.97 Å². The van der Waals surface area contributed by atoms with Gasteiger partial charge in [0.25, 0.3) is 5.91 Å². The standard InChI is InChI=1S/C14H12N2O4/c1-8-4-2-5-9(14(19)20)12(8)16-13(18)10-6-3-7-11(17)15-10/h2-7H,1H3,(H,15,17)(H,16,18)(H,19,20). The Kier molecular flexibility index (Phi) is 3.65. The van der Waals surface area contributed by atoms with Crippen molar-refractivity contribution in [1.29, 1.82) is 0 Å². The molecule has 3 N–H and O–H groups in total. The van der Waals surface area contributed by atoms with E-state index in [4.69, 9.17) is 5.11 Å². The highest BCUT2D eigenvalue weighted by atomic mass is 16.4. The zero-order valence-electron chi connectivity index (χ0n) is 10.6. The Bertz CT molecular complexity index is 734. The van der Waals surface area contributed by atoms with Crippen molar-refractivity contribution in [1.82, 2.24) is 4.98 Å². The number of carboxylic acids is 1. The van der Waals surface area contributed by atoms with Crippen LogP contribution in [0.1, 0.15) is 26.4 Å². The average Bonchev–Trinajstić information content (AvgIpc) is 2.40. The van der Waals surface area contributed by atoms with Crippen molar-refractivity contribution in [2.75, 3.05) is 5.32 Å². The molecule has 1 amide bonds. The van der Waals surface area contributed by atoms with E-state index in [-0.39, 0.29) is 16.9 Å². The van der Waals surface area contributed by atoms with Crippen molar-refractivity contribution < 1.29 is 14.7 Å². The number of nitrogens with one attached hydrogen (secondary N) is 2. The van der Waals surface area contributed by atoms with Gasteiger partial charge in [-0.05, 0) is 24.6 Å². The third-order valence-electron chi connectivity index (χ3n) is 2.75. The predicted molar refractivity (Wildman–Crippen MR) is 73.2 cm³/mol. The number of hydrogen-bond donors (Lipinski definition) is 3. The lowest BCUT2D eigenvalue weighted by atomic mass is 10.1. The topological polar surface area (TPSA) is 99.3 Å². The Labute approximate surface area is 114 Å². The molecule has 102 valence electrons. The normalized spacial score (nSPS) is 10.1. The maximum absolute atomic E-state index is 12.0. The van der Waals surface area contributed by atoms with Crippen LogP contribution >= 0.6 is 0 Å². The molecule has 0 radical (unpaired) electrons. The maximum atomic E-state index is 12.0. The van der Waals surface area contributed by atoms with E-state index >= 15 is 0 Å². The van der Waals surface area contributed by atoms with Gasteiger partial charge in [0.2, 0.25) is 5.56 Å². The van der Waals surface area contributed by atoms with Crippen molar-refractivity contribution in [3.05, 3.63) is 63.6 Å². The van der Waals surface area contributed by atoms with Gasteiger partial charge in [-0.25, -0.2) is 4.79 Å². The number of aryl methyl sites for hydroxylation is 1. The molecule has 1 heterocycles. The Morgan fingerprint density at radius 2 is 1.85 bits per heavy atom. The first-order chi connectivity index (χ1) is 9.49. The number of rotatable bonds is 3. The van der Waals surface area contributed by atoms with Crippen molar-refractivity contribution in [2.45, 2.75) is 6.92 Å². The third kappa shape index (κ3) is 2.74. The number of anilines is 1. The fourth-order valence-corrected chi connectivity index (χ4v) is 1.77. The molecule has 2 aromatic rings. The molecule has 0 unspecified atom stereocenters. The van der Waals surface area contributed by atoms with Gasteiger partial charge in [0.05, 0.1) is 11.3 Å². The van der Waals surface area contributed by atoms with E-state index in [1.54, 1.807) is 19.1 Å². The molecular formula is C14H12N2O4. The lowest BCUT2D eigenvalue weighted by molar-refractivity contribution is 0.0698. The van der Waals surface area contributed by atoms with E-state index in [2.05, 4.69) is 10.3 Å². The first kappa shape index (κ1) is 13.5. The second-order valence-corrected chi connectivity index (χ2v) is 4.19. The zero-order chi connectivity index (χ0) is 14.7. The molecule has 2 rings (SSSR count). The summed E-state index contributed by atoms with van der Waals surface area (Å²) in [6, 6.07) is 8.86. The fourth-order valence-electron chi connectivity index (χ4n) is 1.77. The van der Waals surface area contributed by atoms with Crippen LogP contribution in [0, 0.1) is 6.92 Å². The summed E-state index contributed by atoms with van der Waals surface area (Å²) in [5.41, 5.74) is 0.501. The molecule has 0 atom stereocenters. The van der Waals surface area contributed by atoms with Gasteiger partial charge in [-0.1, -0.05) is 18.2 Å². The van der Waals surface area contributed by atoms with Gasteiger partial charge in [0.1, 0.15) is 5.69 Å². The Hall–Kier alpha value is -2.89. The molecule has 0 saturated carbocycles. The van der Waals surface area contributed by atoms with E-state index in [9.17, 15) is 14.4 Å². The van der Waals surface area contributed by atoms with E-state index in [1.807, 2.05) is 0 Å². The van der Waals surface area contributed by atoms with Crippen LogP contribution in [0.25, 0.3) is 0 Å². The number of carbonyl (C=O) groups excluding carboxylic acids is 1. The summed E-state index contributed by atoms with van der Waals surface area (Å²) in [6.07, 6.45) is 0. The first-order valence-corrected chi connectivity index (χ1v) is 5.82. The summed E-state index contributed by atoms with van der Waals surface area (Å²) in [7, 11) is 0. The molecule has 0 aliphatic carbocycles. The number of amides is 1. The highest BCUT2D eigenvalue weighted by molar-refractivity contribution is 6.07. The van der Waals surface area contributed by atoms with E-state index < -0.39 is 17.4 Å². The number of aromatic amines is 1. The number of pyridine rings is 1. The number of hydrogen-bond acceptors (Lipinski definition) is 3. The molecule has 0 aliphatic rings. The minimum absolute atomic E-state index is 0.00312. The number of para-hydroxylation sites is 1. The van der Waals surface area contributed by atoms with E-state index in [0.29, 0.717) is 5.56 Å². The van der Waals surface area contributed by atoms with E-state index in [0.717, 1.165) is 0 Å². The summed E-state index contributed by atoms with van der Waals surface area (Å²) in [4.78, 5) is 36.7. The minimum Gasteiger partial charge on any atom is -0.478 e. The molecule has 6 nitrogen and oxygen atoms in total. The molecule has 0 aliphatic heterocycles. The van der Waals surface area contributed by atoms with Gasteiger partial charge in [-0.15, -0.1) is 0 Å². The van der Waals surface area contributed by atoms with Crippen LogP contribution in [-0.2, 0) is 0 Å². The highest BCUT2D eigenvalue weighted by Crippen LogP contribution is 2.21. The zero-order valence-corrected chi connectivity index (χ0v) is 10.6. The van der Waals surface area contributed by atoms with Gasteiger partial charge in [0.15, 0.2) is 0 Å². The van der Waals surface area contributed by atoms with Crippen LogP contribution in [0.4, 0.5) is 5.69 Å². The number of benzene rings is 1. The lowest BCUT2D eigenvalue weighted by Crippen LogP contribution is -2.20. The summed E-state index contributed by atoms with van der Waals surface area (Å²) in [5.74, 6) is -1.70. The van der Waals surface area contributed by atoms with Crippen LogP contribution in [0.2, 0.25) is 0 Å². The van der Waals surface area contributed by atoms with Crippen LogP contribution in [0.5, 0.6) is 0 Å². The van der Waals surface area contributed by atoms with Crippen LogP contribution in [0.15, 0.2) is 41.2 Å². The van der Waals surface area contributed by atoms with Gasteiger partial charge < -0.3 is 15.4 Å². The Morgan fingerprint density at radius 3 is 2.50 bits per heavy atom. The molecular weight excluding hydrogens is 260 g/mol. The molecule has 0 spiro atoms. The fraction of sp³-hybridized carbons (Fsp3) is 0.0714. The van der Waals surface area contributed by atoms with Crippen LogP contribution in [0.3, 0.4) is 0 Å². The first-order valence-electron chi connectivity index (χ1n) is 5.82. The quantitative estimate of drug-likeness (QED) is 0.790. The molecule has 1 aromatic carbocycles. The molecule has 6 heteroatoms. The lowest BCUT2D eigenvalue weighted by Gasteiger charge is -2.11. The molecule has 0 fully saturated rings. The summed E-state index contributed by atoms with van der Waals surface area (Å²) < 4.78 is 0. The molecule has 0 bridgehead atoms. The molecule has 20 heavy (non-hydrogen) atoms. The van der Waals surface area contributed by atoms with Gasteiger partial charge in [0, 0.05) is 6.07 Å². The van der Waals surface area contributed by atoms with Crippen molar-refractivity contribution in [2.24, 2.45) is 0 Å². The van der Waals surface area contributed by atoms with Crippen molar-refractivity contribution in [3.63, 3.8) is 0 Å². The molecule has 0 saturated heterocycles. The Balaban J connectivity index is 2.37. The maximum Gasteiger partial charge on any atom is 0.337 e. The van der Waals surface area contributed by atoms with Gasteiger partial charge in [-0.2, -0.15) is 0 Å². The number of aromatic carboxylic acids is 1.